The lowest BCUT2D eigenvalue weighted by Crippen LogP contribution is -2.14. The van der Waals surface area contributed by atoms with Gasteiger partial charge in [0.05, 0.1) is 22.4 Å². The van der Waals surface area contributed by atoms with Gasteiger partial charge in [0.2, 0.25) is 0 Å². The Morgan fingerprint density at radius 2 is 0.911 bits per heavy atom. The van der Waals surface area contributed by atoms with Gasteiger partial charge in [-0.15, -0.1) is 11.3 Å². The van der Waals surface area contributed by atoms with Gasteiger partial charge in [-0.1, -0.05) is 121 Å². The fourth-order valence-corrected chi connectivity index (χ4v) is 9.60. The summed E-state index contributed by atoms with van der Waals surface area (Å²) >= 11 is 1.87. The van der Waals surface area contributed by atoms with E-state index in [9.17, 15) is 0 Å². The van der Waals surface area contributed by atoms with Gasteiger partial charge in [-0.2, -0.15) is 0 Å². The van der Waals surface area contributed by atoms with E-state index in [-0.39, 0.29) is 0 Å². The highest BCUT2D eigenvalue weighted by Crippen LogP contribution is 2.49. The minimum Gasteiger partial charge on any atom is -0.310 e. The van der Waals surface area contributed by atoms with E-state index < -0.39 is 0 Å². The van der Waals surface area contributed by atoms with E-state index in [4.69, 9.17) is 0 Å². The van der Waals surface area contributed by atoms with E-state index in [1.807, 2.05) is 11.3 Å². The number of rotatable bonds is 7. The molecular weight excluding hydrogens is 699 g/mol. The number of anilines is 6. The molecule has 0 spiro atoms. The van der Waals surface area contributed by atoms with E-state index in [0.29, 0.717) is 0 Å². The van der Waals surface area contributed by atoms with Gasteiger partial charge in [0, 0.05) is 59.4 Å². The number of benzene rings is 9. The number of para-hydroxylation sites is 5. The lowest BCUT2D eigenvalue weighted by molar-refractivity contribution is 1.17. The van der Waals surface area contributed by atoms with Crippen LogP contribution in [-0.4, -0.2) is 4.57 Å². The molecule has 56 heavy (non-hydrogen) atoms. The summed E-state index contributed by atoms with van der Waals surface area (Å²) in [6.45, 7) is 0. The highest BCUT2D eigenvalue weighted by atomic mass is 32.1. The zero-order valence-corrected chi connectivity index (χ0v) is 31.3. The fraction of sp³-hybridized carbons (Fsp3) is 0. The molecule has 0 radical (unpaired) electrons. The van der Waals surface area contributed by atoms with Crippen LogP contribution in [0.5, 0.6) is 0 Å². The van der Waals surface area contributed by atoms with E-state index >= 15 is 0 Å². The molecule has 0 aliphatic rings. The summed E-state index contributed by atoms with van der Waals surface area (Å²) in [4.78, 5) is 4.84. The van der Waals surface area contributed by atoms with Crippen LogP contribution in [0.4, 0.5) is 34.1 Å². The molecule has 0 fully saturated rings. The number of nitrogens with zero attached hydrogens (tertiary/aromatic N) is 3. The largest absolute Gasteiger partial charge is 0.310 e. The first kappa shape index (κ1) is 32.3. The molecule has 4 heteroatoms. The standard InChI is InChI=1S/C52H35N3S/c1-5-18-37(19-6-1)53(41-30-32-49-45(33-41)51-43-26-14-13-17-36(43)29-31-50(51)56-49)42-34-47(54(38-20-7-2-8-21-38)39-22-9-3-10-23-39)52-44-27-15-16-28-46(44)55(48(52)35-42)40-24-11-4-12-25-40/h1-35H. The maximum absolute atomic E-state index is 2.43. The van der Waals surface area contributed by atoms with Crippen molar-refractivity contribution in [3.63, 3.8) is 0 Å². The van der Waals surface area contributed by atoms with Gasteiger partial charge in [0.1, 0.15) is 0 Å². The van der Waals surface area contributed by atoms with Crippen molar-refractivity contribution in [1.82, 2.24) is 4.57 Å². The summed E-state index contributed by atoms with van der Waals surface area (Å²) in [5.41, 5.74) is 9.99. The first-order valence-electron chi connectivity index (χ1n) is 19.0. The van der Waals surface area contributed by atoms with Crippen LogP contribution < -0.4 is 9.80 Å². The number of fused-ring (bicyclic) bond motifs is 8. The van der Waals surface area contributed by atoms with Crippen LogP contribution >= 0.6 is 11.3 Å². The maximum atomic E-state index is 2.43. The third-order valence-electron chi connectivity index (χ3n) is 10.9. The minimum atomic E-state index is 1.07. The van der Waals surface area contributed by atoms with Crippen molar-refractivity contribution in [1.29, 1.82) is 0 Å². The Kier molecular flexibility index (Phi) is 7.68. The lowest BCUT2D eigenvalue weighted by atomic mass is 10.0. The molecule has 0 saturated heterocycles. The van der Waals surface area contributed by atoms with Gasteiger partial charge in [-0.05, 0) is 102 Å². The Labute approximate surface area is 329 Å². The predicted molar refractivity (Wildman–Crippen MR) is 241 cm³/mol. The Hall–Kier alpha value is -7.14. The van der Waals surface area contributed by atoms with Gasteiger partial charge in [-0.3, -0.25) is 0 Å². The normalized spacial score (nSPS) is 11.6. The minimum absolute atomic E-state index is 1.07. The van der Waals surface area contributed by atoms with Crippen LogP contribution in [0.25, 0.3) is 58.4 Å². The van der Waals surface area contributed by atoms with Gasteiger partial charge in [-0.25, -0.2) is 0 Å². The lowest BCUT2D eigenvalue weighted by Gasteiger charge is -2.30. The number of aromatic nitrogens is 1. The number of thiophene rings is 1. The summed E-state index contributed by atoms with van der Waals surface area (Å²) in [5.74, 6) is 0. The fourth-order valence-electron chi connectivity index (χ4n) is 8.50. The van der Waals surface area contributed by atoms with Crippen molar-refractivity contribution in [2.75, 3.05) is 9.80 Å². The van der Waals surface area contributed by atoms with Gasteiger partial charge in [0.25, 0.3) is 0 Å². The quantitative estimate of drug-likeness (QED) is 0.162. The molecule has 0 amide bonds. The molecule has 0 saturated carbocycles. The van der Waals surface area contributed by atoms with Gasteiger partial charge < -0.3 is 14.4 Å². The van der Waals surface area contributed by atoms with Crippen LogP contribution in [0.3, 0.4) is 0 Å². The Morgan fingerprint density at radius 1 is 0.339 bits per heavy atom. The molecule has 2 heterocycles. The van der Waals surface area contributed by atoms with Crippen molar-refractivity contribution in [3.8, 4) is 5.69 Å². The van der Waals surface area contributed by atoms with Crippen LogP contribution in [0.2, 0.25) is 0 Å². The zero-order chi connectivity index (χ0) is 37.0. The van der Waals surface area contributed by atoms with Gasteiger partial charge in [0.15, 0.2) is 0 Å². The predicted octanol–water partition coefficient (Wildman–Crippen LogP) is 15.2. The second kappa shape index (κ2) is 13.3. The second-order valence-corrected chi connectivity index (χ2v) is 15.3. The molecule has 0 unspecified atom stereocenters. The summed E-state index contributed by atoms with van der Waals surface area (Å²) in [6.07, 6.45) is 0. The summed E-state index contributed by atoms with van der Waals surface area (Å²) in [6, 6.07) is 76.9. The molecule has 0 bridgehead atoms. The zero-order valence-electron chi connectivity index (χ0n) is 30.5. The van der Waals surface area contributed by atoms with Crippen LogP contribution in [0, 0.1) is 0 Å². The number of hydrogen-bond acceptors (Lipinski definition) is 3. The summed E-state index contributed by atoms with van der Waals surface area (Å²) in [5, 5.41) is 7.54. The first-order valence-corrected chi connectivity index (χ1v) is 19.8. The second-order valence-electron chi connectivity index (χ2n) is 14.2. The molecule has 3 nitrogen and oxygen atoms in total. The Bertz CT molecular complexity index is 3150. The maximum Gasteiger partial charge on any atom is 0.0583 e. The van der Waals surface area contributed by atoms with E-state index in [2.05, 4.69) is 227 Å². The van der Waals surface area contributed by atoms with E-state index in [0.717, 1.165) is 50.8 Å². The van der Waals surface area contributed by atoms with Gasteiger partial charge >= 0.3 is 0 Å². The average molecular weight is 734 g/mol. The van der Waals surface area contributed by atoms with E-state index in [1.165, 1.54) is 41.7 Å². The van der Waals surface area contributed by atoms with Crippen molar-refractivity contribution in [2.24, 2.45) is 0 Å². The Balaban J connectivity index is 1.26. The third kappa shape index (κ3) is 5.26. The highest BCUT2D eigenvalue weighted by Gasteiger charge is 2.25. The molecule has 264 valence electrons. The average Bonchev–Trinajstić information content (AvgIpc) is 3.81. The van der Waals surface area contributed by atoms with Crippen molar-refractivity contribution >= 4 is 98.2 Å². The smallest absolute Gasteiger partial charge is 0.0583 e. The molecule has 0 aliphatic heterocycles. The molecule has 0 N–H and O–H groups in total. The Morgan fingerprint density at radius 3 is 1.61 bits per heavy atom. The van der Waals surface area contributed by atoms with Crippen molar-refractivity contribution in [2.45, 2.75) is 0 Å². The van der Waals surface area contributed by atoms with Crippen LogP contribution in [-0.2, 0) is 0 Å². The third-order valence-corrected chi connectivity index (χ3v) is 12.0. The van der Waals surface area contributed by atoms with Crippen molar-refractivity contribution < 1.29 is 0 Å². The summed E-state index contributed by atoms with van der Waals surface area (Å²) in [7, 11) is 0. The van der Waals surface area contributed by atoms with Crippen molar-refractivity contribution in [3.05, 3.63) is 212 Å². The molecule has 11 aromatic rings. The monoisotopic (exact) mass is 733 g/mol. The molecule has 0 aliphatic carbocycles. The molecule has 9 aromatic carbocycles. The molecule has 0 atom stereocenters. The highest BCUT2D eigenvalue weighted by molar-refractivity contribution is 7.26. The molecular formula is C52H35N3S. The van der Waals surface area contributed by atoms with E-state index in [1.54, 1.807) is 0 Å². The van der Waals surface area contributed by atoms with Crippen LogP contribution in [0.15, 0.2) is 212 Å². The first-order chi connectivity index (χ1) is 27.8. The SMILES string of the molecule is c1ccc(N(c2ccc3sc4ccc5ccccc5c4c3c2)c2cc(N(c3ccccc3)c3ccccc3)c3c4ccccc4n(-c4ccccc4)c3c2)cc1. The summed E-state index contributed by atoms with van der Waals surface area (Å²) < 4.78 is 5.02. The topological polar surface area (TPSA) is 11.4 Å². The van der Waals surface area contributed by atoms with Crippen LogP contribution in [0.1, 0.15) is 0 Å². The number of hydrogen-bond donors (Lipinski definition) is 0. The molecule has 11 rings (SSSR count). The molecule has 2 aromatic heterocycles.